The number of hydrogen-bond donors (Lipinski definition) is 0. The van der Waals surface area contributed by atoms with Crippen LogP contribution in [0.15, 0.2) is 52.9 Å². The Morgan fingerprint density at radius 1 is 1.12 bits per heavy atom. The highest BCUT2D eigenvalue weighted by Gasteiger charge is 2.26. The molecule has 3 aromatic rings. The fourth-order valence-electron chi connectivity index (χ4n) is 3.06. The van der Waals surface area contributed by atoms with Gasteiger partial charge in [-0.3, -0.25) is 0 Å². The van der Waals surface area contributed by atoms with Crippen molar-refractivity contribution in [3.05, 3.63) is 64.8 Å². The largest absolute Gasteiger partial charge is 0.419 e. The van der Waals surface area contributed by atoms with Crippen LogP contribution in [-0.4, -0.2) is 11.5 Å². The van der Waals surface area contributed by atoms with Gasteiger partial charge in [-0.1, -0.05) is 41.9 Å². The predicted molar refractivity (Wildman–Crippen MR) is 93.4 cm³/mol. The van der Waals surface area contributed by atoms with Crippen molar-refractivity contribution in [2.75, 3.05) is 11.4 Å². The quantitative estimate of drug-likeness (QED) is 0.664. The van der Waals surface area contributed by atoms with Gasteiger partial charge in [0.2, 0.25) is 17.5 Å². The number of nitrogens with zero attached hydrogens (tertiary/aromatic N) is 3. The lowest BCUT2D eigenvalue weighted by Gasteiger charge is -2.28. The summed E-state index contributed by atoms with van der Waals surface area (Å²) in [6.07, 6.45) is 2.03. The second kappa shape index (κ2) is 6.03. The summed E-state index contributed by atoms with van der Waals surface area (Å²) in [5.74, 6) is 0.856. The van der Waals surface area contributed by atoms with Crippen LogP contribution in [0.5, 0.6) is 0 Å². The first kappa shape index (κ1) is 14.8. The van der Waals surface area contributed by atoms with Crippen molar-refractivity contribution in [3.63, 3.8) is 0 Å². The number of aromatic nitrogens is 1. The van der Waals surface area contributed by atoms with Crippen LogP contribution in [0.3, 0.4) is 0 Å². The Hall–Kier alpha value is -2.77. The molecule has 0 amide bonds. The molecular formula is C19H14ClN3O. The summed E-state index contributed by atoms with van der Waals surface area (Å²) in [5.41, 5.74) is 3.29. The van der Waals surface area contributed by atoms with E-state index in [1.165, 1.54) is 5.56 Å². The molecule has 0 bridgehead atoms. The van der Waals surface area contributed by atoms with Gasteiger partial charge >= 0.3 is 0 Å². The standard InChI is InChI=1S/C19H14ClN3O/c20-15-9-3-2-8-14(15)18-22-16(12-21)19(24-18)23-11-5-7-13-6-1-4-10-17(13)23/h1-4,6,8-10H,5,7,11H2. The van der Waals surface area contributed by atoms with Crippen molar-refractivity contribution in [1.82, 2.24) is 4.98 Å². The van der Waals surface area contributed by atoms with Crippen LogP contribution in [0, 0.1) is 11.3 Å². The smallest absolute Gasteiger partial charge is 0.239 e. The third-order valence-electron chi connectivity index (χ3n) is 4.17. The van der Waals surface area contributed by atoms with E-state index in [-0.39, 0.29) is 5.69 Å². The minimum Gasteiger partial charge on any atom is -0.419 e. The Morgan fingerprint density at radius 3 is 2.75 bits per heavy atom. The van der Waals surface area contributed by atoms with Crippen molar-refractivity contribution in [2.24, 2.45) is 0 Å². The first-order valence-electron chi connectivity index (χ1n) is 7.79. The number of hydrogen-bond acceptors (Lipinski definition) is 4. The normalized spacial score (nSPS) is 13.4. The van der Waals surface area contributed by atoms with Gasteiger partial charge in [-0.15, -0.1) is 0 Å². The summed E-state index contributed by atoms with van der Waals surface area (Å²) in [6, 6.07) is 17.7. The van der Waals surface area contributed by atoms with E-state index in [2.05, 4.69) is 17.1 Å². The zero-order chi connectivity index (χ0) is 16.5. The second-order valence-electron chi connectivity index (χ2n) is 5.65. The lowest BCUT2D eigenvalue weighted by molar-refractivity contribution is 0.560. The molecule has 0 unspecified atom stereocenters. The molecule has 1 aliphatic heterocycles. The topological polar surface area (TPSA) is 53.1 Å². The van der Waals surface area contributed by atoms with Crippen molar-refractivity contribution in [1.29, 1.82) is 5.26 Å². The second-order valence-corrected chi connectivity index (χ2v) is 6.06. The first-order chi connectivity index (χ1) is 11.8. The van der Waals surface area contributed by atoms with Gasteiger partial charge in [0, 0.05) is 12.2 Å². The van der Waals surface area contributed by atoms with Crippen LogP contribution in [0.4, 0.5) is 11.6 Å². The monoisotopic (exact) mass is 335 g/mol. The number of anilines is 2. The van der Waals surface area contributed by atoms with E-state index in [1.807, 2.05) is 41.3 Å². The minimum absolute atomic E-state index is 0.279. The highest BCUT2D eigenvalue weighted by Crippen LogP contribution is 2.38. The van der Waals surface area contributed by atoms with Crippen LogP contribution >= 0.6 is 11.6 Å². The SMILES string of the molecule is N#Cc1nc(-c2ccccc2Cl)oc1N1CCCc2ccccc21. The Kier molecular flexibility index (Phi) is 3.72. The zero-order valence-electron chi connectivity index (χ0n) is 12.9. The fourth-order valence-corrected chi connectivity index (χ4v) is 3.28. The van der Waals surface area contributed by atoms with Crippen LogP contribution in [0.1, 0.15) is 17.7 Å². The number of nitriles is 1. The van der Waals surface area contributed by atoms with Crippen molar-refractivity contribution in [3.8, 4) is 17.5 Å². The Bertz CT molecular complexity index is 942. The van der Waals surface area contributed by atoms with Crippen LogP contribution in [-0.2, 0) is 6.42 Å². The molecule has 2 aromatic carbocycles. The Morgan fingerprint density at radius 2 is 1.92 bits per heavy atom. The molecule has 0 spiro atoms. The van der Waals surface area contributed by atoms with E-state index in [4.69, 9.17) is 16.0 Å². The van der Waals surface area contributed by atoms with E-state index in [0.717, 1.165) is 25.1 Å². The van der Waals surface area contributed by atoms with Gasteiger partial charge in [0.1, 0.15) is 6.07 Å². The van der Waals surface area contributed by atoms with Gasteiger partial charge in [-0.25, -0.2) is 0 Å². The number of para-hydroxylation sites is 1. The number of rotatable bonds is 2. The van der Waals surface area contributed by atoms with Crippen LogP contribution in [0.25, 0.3) is 11.5 Å². The maximum Gasteiger partial charge on any atom is 0.239 e. The summed E-state index contributed by atoms with van der Waals surface area (Å²) in [4.78, 5) is 6.39. The molecule has 2 heterocycles. The van der Waals surface area contributed by atoms with Gasteiger partial charge < -0.3 is 9.32 Å². The molecule has 1 aliphatic rings. The average Bonchev–Trinajstić information content (AvgIpc) is 3.05. The molecule has 118 valence electrons. The summed E-state index contributed by atoms with van der Waals surface area (Å²) < 4.78 is 5.98. The highest BCUT2D eigenvalue weighted by atomic mass is 35.5. The van der Waals surface area contributed by atoms with Gasteiger partial charge in [0.15, 0.2) is 0 Å². The lowest BCUT2D eigenvalue weighted by atomic mass is 10.0. The van der Waals surface area contributed by atoms with Gasteiger partial charge in [-0.05, 0) is 36.6 Å². The van der Waals surface area contributed by atoms with Gasteiger partial charge in [-0.2, -0.15) is 10.2 Å². The lowest BCUT2D eigenvalue weighted by Crippen LogP contribution is -2.24. The molecule has 1 aromatic heterocycles. The number of fused-ring (bicyclic) bond motifs is 1. The summed E-state index contributed by atoms with van der Waals surface area (Å²) in [5, 5.41) is 10.0. The Balaban J connectivity index is 1.83. The maximum atomic E-state index is 9.49. The molecule has 0 atom stereocenters. The van der Waals surface area contributed by atoms with Crippen molar-refractivity contribution < 1.29 is 4.42 Å². The fraction of sp³-hybridized carbons (Fsp3) is 0.158. The number of aryl methyl sites for hydroxylation is 1. The molecule has 0 saturated carbocycles. The third-order valence-corrected chi connectivity index (χ3v) is 4.50. The molecule has 0 N–H and O–H groups in total. The maximum absolute atomic E-state index is 9.49. The van der Waals surface area contributed by atoms with Gasteiger partial charge in [0.05, 0.1) is 10.6 Å². The molecule has 24 heavy (non-hydrogen) atoms. The van der Waals surface area contributed by atoms with Crippen LogP contribution in [0.2, 0.25) is 5.02 Å². The number of halogens is 1. The third kappa shape index (κ3) is 2.44. The van der Waals surface area contributed by atoms with E-state index in [1.54, 1.807) is 6.07 Å². The molecule has 0 fully saturated rings. The molecule has 0 saturated heterocycles. The average molecular weight is 336 g/mol. The molecule has 0 aliphatic carbocycles. The summed E-state index contributed by atoms with van der Waals surface area (Å²) in [6.45, 7) is 0.794. The number of oxazole rings is 1. The molecule has 4 rings (SSSR count). The Labute approximate surface area is 144 Å². The van der Waals surface area contributed by atoms with E-state index >= 15 is 0 Å². The highest BCUT2D eigenvalue weighted by molar-refractivity contribution is 6.33. The number of benzene rings is 2. The van der Waals surface area contributed by atoms with E-state index in [0.29, 0.717) is 22.4 Å². The predicted octanol–water partition coefficient (Wildman–Crippen LogP) is 4.95. The molecule has 5 heteroatoms. The van der Waals surface area contributed by atoms with Crippen molar-refractivity contribution in [2.45, 2.75) is 12.8 Å². The molecule has 4 nitrogen and oxygen atoms in total. The van der Waals surface area contributed by atoms with Crippen LogP contribution < -0.4 is 4.90 Å². The van der Waals surface area contributed by atoms with Gasteiger partial charge in [0.25, 0.3) is 0 Å². The molecular weight excluding hydrogens is 322 g/mol. The van der Waals surface area contributed by atoms with E-state index in [9.17, 15) is 5.26 Å². The van der Waals surface area contributed by atoms with Crippen molar-refractivity contribution >= 4 is 23.2 Å². The zero-order valence-corrected chi connectivity index (χ0v) is 13.6. The minimum atomic E-state index is 0.279. The first-order valence-corrected chi connectivity index (χ1v) is 8.17. The molecule has 0 radical (unpaired) electrons. The van der Waals surface area contributed by atoms with E-state index < -0.39 is 0 Å². The summed E-state index contributed by atoms with van der Waals surface area (Å²) in [7, 11) is 0. The summed E-state index contributed by atoms with van der Waals surface area (Å²) >= 11 is 6.23.